The van der Waals surface area contributed by atoms with Gasteiger partial charge in [0, 0.05) is 123 Å². The number of alkyl halides is 1. The number of rotatable bonds is 14. The number of aromatic hydroxyl groups is 1. The van der Waals surface area contributed by atoms with Crippen LogP contribution in [-0.4, -0.2) is 100 Å². The first-order chi connectivity index (χ1) is 30.7. The number of carbonyl (C=O) groups excluding carboxylic acids is 3. The minimum atomic E-state index is -1.36. The third-order valence-corrected chi connectivity index (χ3v) is 14.0. The molecule has 0 spiro atoms. The molecule has 4 fully saturated rings. The predicted molar refractivity (Wildman–Crippen MR) is 250 cm³/mol. The van der Waals surface area contributed by atoms with Gasteiger partial charge in [-0.1, -0.05) is 38.1 Å². The first kappa shape index (κ1) is 44.6. The first-order valence-corrected chi connectivity index (χ1v) is 23.0. The van der Waals surface area contributed by atoms with Gasteiger partial charge in [0.25, 0.3) is 5.91 Å². The molecule has 1 aliphatic carbocycles. The maximum absolute atomic E-state index is 16.5. The molecule has 0 bridgehead atoms. The van der Waals surface area contributed by atoms with Gasteiger partial charge in [0.05, 0.1) is 5.70 Å². The first-order valence-electron chi connectivity index (χ1n) is 23.0. The van der Waals surface area contributed by atoms with Crippen LogP contribution in [0.25, 0.3) is 16.6 Å². The zero-order valence-corrected chi connectivity index (χ0v) is 37.4. The van der Waals surface area contributed by atoms with Gasteiger partial charge in [0.1, 0.15) is 17.2 Å². The van der Waals surface area contributed by atoms with Gasteiger partial charge >= 0.3 is 6.03 Å². The van der Waals surface area contributed by atoms with E-state index in [1.807, 2.05) is 37.3 Å². The zero-order valence-electron chi connectivity index (χ0n) is 37.4. The molecule has 8 rings (SSSR count). The van der Waals surface area contributed by atoms with Gasteiger partial charge in [-0.3, -0.25) is 19.8 Å². The number of nitrogens with zero attached hydrogens (tertiary/aromatic N) is 5. The number of imide groups is 1. The Bertz CT molecular complexity index is 2420. The average Bonchev–Trinajstić information content (AvgIpc) is 4.06. The molecule has 64 heavy (non-hydrogen) atoms. The van der Waals surface area contributed by atoms with Crippen LogP contribution >= 0.6 is 0 Å². The predicted octanol–water partition coefficient (Wildman–Crippen LogP) is 7.10. The van der Waals surface area contributed by atoms with Crippen LogP contribution in [0.15, 0.2) is 90.5 Å². The van der Waals surface area contributed by atoms with E-state index < -0.39 is 5.67 Å². The number of benzene rings is 3. The summed E-state index contributed by atoms with van der Waals surface area (Å²) < 4.78 is 18.9. The van der Waals surface area contributed by atoms with Gasteiger partial charge in [0.2, 0.25) is 5.91 Å². The van der Waals surface area contributed by atoms with E-state index in [-0.39, 0.29) is 47.7 Å². The molecule has 3 aromatic carbocycles. The summed E-state index contributed by atoms with van der Waals surface area (Å²) in [5, 5.41) is 14.0. The van der Waals surface area contributed by atoms with Crippen molar-refractivity contribution in [3.63, 3.8) is 0 Å². The standard InChI is InChI=1S/C50H64FN9O4/c1-4-57(44(47(53)54)28-42(52)38-7-5-6-8-45(38)61)29-40(32(2)3)33-11-13-35(14-12-33)48(63)58-25-20-50(51,21-26-58)31-56-22-17-36(18-23-56)60-30-41(34-9-10-34)39-27-37(15-16-43(39)60)59-24-19-46(62)55-49(59)64/h5-8,11-16,27-28,30,32,34,36,40,61H,4,9-10,17-26,29,31,52-54H2,1-3H3,(H,55,62,64)/b42-28-. The maximum atomic E-state index is 16.5. The molecule has 1 saturated carbocycles. The fraction of sp³-hybridized carbons (Fsp3) is 0.460. The molecule has 1 unspecified atom stereocenters. The quantitative estimate of drug-likeness (QED) is 0.0827. The number of nitrogens with two attached hydrogens (primary N) is 3. The number of hydrogen-bond acceptors (Lipinski definition) is 9. The third-order valence-electron chi connectivity index (χ3n) is 14.0. The fourth-order valence-corrected chi connectivity index (χ4v) is 9.99. The van der Waals surface area contributed by atoms with E-state index in [0.717, 1.165) is 55.5 Å². The second-order valence-electron chi connectivity index (χ2n) is 18.6. The summed E-state index contributed by atoms with van der Waals surface area (Å²) >= 11 is 0. The Morgan fingerprint density at radius 3 is 2.28 bits per heavy atom. The molecule has 4 heterocycles. The number of nitrogens with one attached hydrogen (secondary N) is 1. The third kappa shape index (κ3) is 9.57. The number of anilines is 1. The Hall–Kier alpha value is -6.02. The van der Waals surface area contributed by atoms with Crippen molar-refractivity contribution in [1.82, 2.24) is 24.6 Å². The van der Waals surface area contributed by atoms with E-state index in [2.05, 4.69) is 51.9 Å². The normalized spacial score (nSPS) is 19.2. The molecule has 4 aliphatic rings. The molecule has 8 N–H and O–H groups in total. The Labute approximate surface area is 375 Å². The van der Waals surface area contributed by atoms with Crippen LogP contribution in [0.3, 0.4) is 0 Å². The molecular weight excluding hydrogens is 810 g/mol. The van der Waals surface area contributed by atoms with Crippen molar-refractivity contribution >= 4 is 40.1 Å². The van der Waals surface area contributed by atoms with Crippen LogP contribution in [0.5, 0.6) is 5.75 Å². The molecule has 0 radical (unpaired) electrons. The van der Waals surface area contributed by atoms with Crippen LogP contribution in [0.4, 0.5) is 14.9 Å². The zero-order chi connectivity index (χ0) is 45.3. The van der Waals surface area contributed by atoms with Crippen molar-refractivity contribution in [3.8, 4) is 5.75 Å². The van der Waals surface area contributed by atoms with Crippen molar-refractivity contribution in [2.24, 2.45) is 23.1 Å². The number of halogens is 1. The van der Waals surface area contributed by atoms with Crippen LogP contribution in [0, 0.1) is 5.92 Å². The summed E-state index contributed by atoms with van der Waals surface area (Å²) in [5.74, 6) is 0.724. The summed E-state index contributed by atoms with van der Waals surface area (Å²) in [6, 6.07) is 20.8. The highest BCUT2D eigenvalue weighted by Crippen LogP contribution is 2.46. The van der Waals surface area contributed by atoms with Crippen LogP contribution < -0.4 is 27.4 Å². The molecule has 4 aromatic rings. The van der Waals surface area contributed by atoms with Gasteiger partial charge in [-0.05, 0) is 104 Å². The van der Waals surface area contributed by atoms with Gasteiger partial charge in [-0.25, -0.2) is 9.18 Å². The maximum Gasteiger partial charge on any atom is 0.328 e. The molecule has 3 aliphatic heterocycles. The van der Waals surface area contributed by atoms with Gasteiger partial charge in [-0.15, -0.1) is 0 Å². The second-order valence-corrected chi connectivity index (χ2v) is 18.6. The number of urea groups is 1. The molecule has 3 saturated heterocycles. The smallest absolute Gasteiger partial charge is 0.328 e. The van der Waals surface area contributed by atoms with Crippen molar-refractivity contribution in [1.29, 1.82) is 0 Å². The van der Waals surface area contributed by atoms with Crippen molar-refractivity contribution < 1.29 is 23.9 Å². The topological polar surface area (TPSA) is 179 Å². The second kappa shape index (κ2) is 18.6. The monoisotopic (exact) mass is 874 g/mol. The van der Waals surface area contributed by atoms with Crippen molar-refractivity contribution in [3.05, 3.63) is 113 Å². The van der Waals surface area contributed by atoms with Crippen LogP contribution in [0.1, 0.15) is 111 Å². The molecule has 13 nitrogen and oxygen atoms in total. The molecule has 14 heteroatoms. The molecule has 1 atom stereocenters. The number of hydrogen-bond donors (Lipinski definition) is 5. The van der Waals surface area contributed by atoms with E-state index in [9.17, 15) is 19.5 Å². The lowest BCUT2D eigenvalue weighted by molar-refractivity contribution is -0.120. The highest BCUT2D eigenvalue weighted by molar-refractivity contribution is 6.06. The van der Waals surface area contributed by atoms with Crippen LogP contribution in [-0.2, 0) is 4.79 Å². The van der Waals surface area contributed by atoms with Crippen LogP contribution in [0.2, 0.25) is 0 Å². The number of likely N-dealkylation sites (N-methyl/N-ethyl adjacent to an activating group) is 1. The Morgan fingerprint density at radius 1 is 0.953 bits per heavy atom. The summed E-state index contributed by atoms with van der Waals surface area (Å²) in [6.45, 7) is 10.7. The van der Waals surface area contributed by atoms with Gasteiger partial charge in [0.15, 0.2) is 0 Å². The summed E-state index contributed by atoms with van der Waals surface area (Å²) in [4.78, 5) is 45.9. The number of phenolic OH excluding ortho intramolecular Hbond substituents is 1. The minimum absolute atomic E-state index is 0.0698. The number of piperidine rings is 2. The number of likely N-dealkylation sites (tertiary alicyclic amines) is 2. The lowest BCUT2D eigenvalue weighted by atomic mass is 9.87. The van der Waals surface area contributed by atoms with Gasteiger partial charge in [-0.2, -0.15) is 0 Å². The number of amides is 4. The summed E-state index contributed by atoms with van der Waals surface area (Å²) in [5.41, 5.74) is 23.8. The van der Waals surface area contributed by atoms with Crippen molar-refractivity contribution in [2.45, 2.75) is 89.3 Å². The minimum Gasteiger partial charge on any atom is -0.507 e. The van der Waals surface area contributed by atoms with E-state index in [0.29, 0.717) is 86.6 Å². The number of para-hydroxylation sites is 1. The number of phenols is 1. The molecular formula is C50H64FN9O4. The molecule has 1 aromatic heterocycles. The Kier molecular flexibility index (Phi) is 13.0. The number of allylic oxidation sites excluding steroid dienone is 1. The molecule has 4 amide bonds. The Morgan fingerprint density at radius 2 is 1.66 bits per heavy atom. The highest BCUT2D eigenvalue weighted by Gasteiger charge is 2.39. The van der Waals surface area contributed by atoms with Crippen molar-refractivity contribution in [2.75, 3.05) is 57.3 Å². The number of aromatic nitrogens is 1. The molecule has 340 valence electrons. The Balaban J connectivity index is 0.853. The lowest BCUT2D eigenvalue weighted by Crippen LogP contribution is -2.51. The number of carbonyl (C=O) groups is 3. The average molecular weight is 874 g/mol. The van der Waals surface area contributed by atoms with Gasteiger partial charge < -0.3 is 41.6 Å². The van der Waals surface area contributed by atoms with E-state index in [1.165, 1.54) is 10.9 Å². The number of fused-ring (bicyclic) bond motifs is 1. The van der Waals surface area contributed by atoms with E-state index in [4.69, 9.17) is 17.2 Å². The highest BCUT2D eigenvalue weighted by atomic mass is 19.1. The largest absolute Gasteiger partial charge is 0.507 e. The van der Waals surface area contributed by atoms with E-state index in [1.54, 1.807) is 40.1 Å². The summed E-state index contributed by atoms with van der Waals surface area (Å²) in [7, 11) is 0. The SMILES string of the molecule is CCN(CC(c1ccc(C(=O)N2CCC(F)(CN3CCC(n4cc(C5CC5)c5cc(N6CCC(=O)NC6=O)ccc54)CC3)CC2)cc1)C(C)C)C(/C=C(\N)c1ccccc1O)=C(N)N. The summed E-state index contributed by atoms with van der Waals surface area (Å²) in [6.07, 6.45) is 9.09. The van der Waals surface area contributed by atoms with E-state index >= 15 is 4.39 Å². The fourth-order valence-electron chi connectivity index (χ4n) is 9.99. The lowest BCUT2D eigenvalue weighted by Gasteiger charge is -2.41.